The molecule has 0 saturated carbocycles. The molecule has 0 spiro atoms. The van der Waals surface area contributed by atoms with E-state index in [2.05, 4.69) is 23.8 Å². The maximum atomic E-state index is 9.76. The fourth-order valence-corrected chi connectivity index (χ4v) is 3.57. The highest BCUT2D eigenvalue weighted by Crippen LogP contribution is 2.35. The van der Waals surface area contributed by atoms with E-state index in [1.807, 2.05) is 13.8 Å². The minimum Gasteiger partial charge on any atom is -0.390 e. The van der Waals surface area contributed by atoms with E-state index in [-0.39, 0.29) is 0 Å². The second kappa shape index (κ2) is 4.55. The molecule has 2 aromatic rings. The van der Waals surface area contributed by atoms with E-state index in [9.17, 15) is 5.11 Å². The van der Waals surface area contributed by atoms with Crippen LogP contribution in [0.1, 0.15) is 24.3 Å². The van der Waals surface area contributed by atoms with E-state index >= 15 is 0 Å². The molecule has 0 amide bonds. The standard InChI is InChI=1S/C12H16N2OS2/c1-7-8(2)17-11-9(7)10(13-6-14-11)16-5-12(3,4)15/h6,15H,5H2,1-4H3. The average Bonchev–Trinajstić information content (AvgIpc) is 2.52. The Morgan fingerprint density at radius 2 is 2.06 bits per heavy atom. The molecule has 92 valence electrons. The maximum Gasteiger partial charge on any atom is 0.128 e. The van der Waals surface area contributed by atoms with Crippen LogP contribution in [0.2, 0.25) is 0 Å². The molecule has 5 heteroatoms. The smallest absolute Gasteiger partial charge is 0.128 e. The molecule has 2 aromatic heterocycles. The largest absolute Gasteiger partial charge is 0.390 e. The molecule has 0 saturated heterocycles. The summed E-state index contributed by atoms with van der Waals surface area (Å²) in [7, 11) is 0. The molecule has 3 nitrogen and oxygen atoms in total. The molecule has 0 aliphatic carbocycles. The molecule has 0 aromatic carbocycles. The van der Waals surface area contributed by atoms with Crippen molar-refractivity contribution in [3.8, 4) is 0 Å². The van der Waals surface area contributed by atoms with Gasteiger partial charge in [0, 0.05) is 16.0 Å². The second-order valence-electron chi connectivity index (χ2n) is 4.74. The Morgan fingerprint density at radius 3 is 2.71 bits per heavy atom. The topological polar surface area (TPSA) is 46.0 Å². The molecule has 0 atom stereocenters. The average molecular weight is 268 g/mol. The van der Waals surface area contributed by atoms with Gasteiger partial charge >= 0.3 is 0 Å². The van der Waals surface area contributed by atoms with Crippen LogP contribution in [0.4, 0.5) is 0 Å². The van der Waals surface area contributed by atoms with Crippen LogP contribution in [-0.2, 0) is 0 Å². The predicted molar refractivity (Wildman–Crippen MR) is 73.9 cm³/mol. The van der Waals surface area contributed by atoms with Crippen LogP contribution in [0.15, 0.2) is 11.4 Å². The van der Waals surface area contributed by atoms with Crippen molar-refractivity contribution in [2.24, 2.45) is 0 Å². The first-order chi connectivity index (χ1) is 7.88. The Labute approximate surface area is 109 Å². The first-order valence-electron chi connectivity index (χ1n) is 5.44. The third kappa shape index (κ3) is 2.78. The Morgan fingerprint density at radius 1 is 1.35 bits per heavy atom. The van der Waals surface area contributed by atoms with Crippen molar-refractivity contribution in [3.05, 3.63) is 16.8 Å². The van der Waals surface area contributed by atoms with E-state index < -0.39 is 5.60 Å². The molecule has 0 bridgehead atoms. The lowest BCUT2D eigenvalue weighted by atomic mass is 10.2. The number of aromatic nitrogens is 2. The molecule has 1 N–H and O–H groups in total. The number of nitrogens with zero attached hydrogens (tertiary/aromatic N) is 2. The van der Waals surface area contributed by atoms with Gasteiger partial charge in [-0.1, -0.05) is 0 Å². The van der Waals surface area contributed by atoms with Crippen LogP contribution in [0.3, 0.4) is 0 Å². The molecule has 0 aliphatic rings. The zero-order valence-corrected chi connectivity index (χ0v) is 12.1. The number of aliphatic hydroxyl groups is 1. The molecular weight excluding hydrogens is 252 g/mol. The van der Waals surface area contributed by atoms with Gasteiger partial charge < -0.3 is 5.11 Å². The van der Waals surface area contributed by atoms with Gasteiger partial charge in [-0.3, -0.25) is 0 Å². The van der Waals surface area contributed by atoms with Crippen LogP contribution < -0.4 is 0 Å². The predicted octanol–water partition coefficient (Wildman–Crippen LogP) is 3.17. The molecule has 0 aliphatic heterocycles. The van der Waals surface area contributed by atoms with E-state index in [4.69, 9.17) is 0 Å². The van der Waals surface area contributed by atoms with Crippen molar-refractivity contribution in [2.75, 3.05) is 5.75 Å². The SMILES string of the molecule is Cc1sc2ncnc(SCC(C)(C)O)c2c1C. The van der Waals surface area contributed by atoms with Gasteiger partial charge in [-0.15, -0.1) is 23.1 Å². The molecule has 0 radical (unpaired) electrons. The minimum atomic E-state index is -0.680. The van der Waals surface area contributed by atoms with Gasteiger partial charge in [0.15, 0.2) is 0 Å². The Hall–Kier alpha value is -0.650. The van der Waals surface area contributed by atoms with Gasteiger partial charge in [0.05, 0.1) is 5.60 Å². The number of thiophene rings is 1. The van der Waals surface area contributed by atoms with Crippen molar-refractivity contribution in [3.63, 3.8) is 0 Å². The van der Waals surface area contributed by atoms with Crippen molar-refractivity contribution in [1.29, 1.82) is 0 Å². The van der Waals surface area contributed by atoms with Crippen LogP contribution in [0.25, 0.3) is 10.2 Å². The van der Waals surface area contributed by atoms with Crippen LogP contribution in [-0.4, -0.2) is 26.4 Å². The van der Waals surface area contributed by atoms with Gasteiger partial charge in [0.2, 0.25) is 0 Å². The summed E-state index contributed by atoms with van der Waals surface area (Å²) in [6.45, 7) is 7.83. The van der Waals surface area contributed by atoms with Gasteiger partial charge in [0.25, 0.3) is 0 Å². The number of fused-ring (bicyclic) bond motifs is 1. The van der Waals surface area contributed by atoms with Gasteiger partial charge in [0.1, 0.15) is 16.2 Å². The Bertz CT molecular complexity index is 543. The van der Waals surface area contributed by atoms with Crippen molar-refractivity contribution < 1.29 is 5.11 Å². The number of hydrogen-bond donors (Lipinski definition) is 1. The normalized spacial score (nSPS) is 12.3. The molecule has 2 rings (SSSR count). The van der Waals surface area contributed by atoms with E-state index in [1.54, 1.807) is 29.4 Å². The Balaban J connectivity index is 2.40. The number of rotatable bonds is 3. The monoisotopic (exact) mass is 268 g/mol. The summed E-state index contributed by atoms with van der Waals surface area (Å²) in [5, 5.41) is 11.9. The number of thioether (sulfide) groups is 1. The summed E-state index contributed by atoms with van der Waals surface area (Å²) in [6, 6.07) is 0. The number of aryl methyl sites for hydroxylation is 2. The third-order valence-electron chi connectivity index (χ3n) is 2.49. The lowest BCUT2D eigenvalue weighted by molar-refractivity contribution is 0.107. The quantitative estimate of drug-likeness (QED) is 0.686. The lowest BCUT2D eigenvalue weighted by Gasteiger charge is -2.15. The third-order valence-corrected chi connectivity index (χ3v) is 5.04. The molecule has 17 heavy (non-hydrogen) atoms. The summed E-state index contributed by atoms with van der Waals surface area (Å²) >= 11 is 3.29. The van der Waals surface area contributed by atoms with Gasteiger partial charge in [-0.2, -0.15) is 0 Å². The zero-order valence-electron chi connectivity index (χ0n) is 10.4. The Kier molecular flexibility index (Phi) is 3.43. The number of hydrogen-bond acceptors (Lipinski definition) is 5. The lowest BCUT2D eigenvalue weighted by Crippen LogP contribution is -2.21. The summed E-state index contributed by atoms with van der Waals surface area (Å²) < 4.78 is 0. The molecule has 0 fully saturated rings. The highest BCUT2D eigenvalue weighted by atomic mass is 32.2. The van der Waals surface area contributed by atoms with Gasteiger partial charge in [-0.25, -0.2) is 9.97 Å². The summed E-state index contributed by atoms with van der Waals surface area (Å²) in [5.74, 6) is 0.632. The first kappa shape index (κ1) is 12.8. The molecule has 0 unspecified atom stereocenters. The highest BCUT2D eigenvalue weighted by molar-refractivity contribution is 7.99. The molecular formula is C12H16N2OS2. The van der Waals surface area contributed by atoms with E-state index in [0.29, 0.717) is 5.75 Å². The minimum absolute atomic E-state index is 0.632. The summed E-state index contributed by atoms with van der Waals surface area (Å²) in [6.07, 6.45) is 1.60. The van der Waals surface area contributed by atoms with Crippen LogP contribution in [0, 0.1) is 13.8 Å². The van der Waals surface area contributed by atoms with Crippen LogP contribution >= 0.6 is 23.1 Å². The first-order valence-corrected chi connectivity index (χ1v) is 7.24. The zero-order chi connectivity index (χ0) is 12.6. The second-order valence-corrected chi connectivity index (χ2v) is 6.91. The van der Waals surface area contributed by atoms with Gasteiger partial charge in [-0.05, 0) is 33.3 Å². The fourth-order valence-electron chi connectivity index (χ4n) is 1.50. The maximum absolute atomic E-state index is 9.76. The summed E-state index contributed by atoms with van der Waals surface area (Å²) in [4.78, 5) is 10.9. The van der Waals surface area contributed by atoms with E-state index in [1.165, 1.54) is 10.4 Å². The fraction of sp³-hybridized carbons (Fsp3) is 0.500. The summed E-state index contributed by atoms with van der Waals surface area (Å²) in [5.41, 5.74) is 0.574. The van der Waals surface area contributed by atoms with Crippen LogP contribution in [0.5, 0.6) is 0 Å². The van der Waals surface area contributed by atoms with Crippen molar-refractivity contribution in [1.82, 2.24) is 9.97 Å². The highest BCUT2D eigenvalue weighted by Gasteiger charge is 2.17. The van der Waals surface area contributed by atoms with Crippen molar-refractivity contribution >= 4 is 33.3 Å². The molecule has 2 heterocycles. The van der Waals surface area contributed by atoms with Crippen molar-refractivity contribution in [2.45, 2.75) is 38.3 Å². The van der Waals surface area contributed by atoms with E-state index in [0.717, 1.165) is 15.2 Å².